The largest absolute Gasteiger partial charge is 0.457 e. The minimum absolute atomic E-state index is 0.504. The van der Waals surface area contributed by atoms with Gasteiger partial charge in [0.15, 0.2) is 0 Å². The third-order valence-electron chi connectivity index (χ3n) is 3.22. The van der Waals surface area contributed by atoms with Gasteiger partial charge in [-0.05, 0) is 53.8 Å². The molecule has 0 aliphatic carbocycles. The van der Waals surface area contributed by atoms with Gasteiger partial charge in [0, 0.05) is 5.88 Å². The Morgan fingerprint density at radius 1 is 1.05 bits per heavy atom. The first-order valence-corrected chi connectivity index (χ1v) is 7.07. The minimum Gasteiger partial charge on any atom is -0.457 e. The topological polar surface area (TPSA) is 9.23 Å². The quantitative estimate of drug-likeness (QED) is 0.655. The average Bonchev–Trinajstić information content (AvgIpc) is 2.39. The molecule has 2 heteroatoms. The van der Waals surface area contributed by atoms with Gasteiger partial charge in [0.05, 0.1) is 0 Å². The first-order chi connectivity index (χ1) is 9.10. The van der Waals surface area contributed by atoms with Crippen LogP contribution in [0, 0.1) is 6.92 Å². The lowest BCUT2D eigenvalue weighted by Gasteiger charge is -2.11. The van der Waals surface area contributed by atoms with Crippen molar-refractivity contribution in [1.29, 1.82) is 0 Å². The van der Waals surface area contributed by atoms with E-state index in [9.17, 15) is 0 Å². The molecule has 0 saturated heterocycles. The van der Waals surface area contributed by atoms with E-state index in [4.69, 9.17) is 16.3 Å². The van der Waals surface area contributed by atoms with Crippen molar-refractivity contribution in [2.45, 2.75) is 32.6 Å². The molecule has 2 aromatic carbocycles. The van der Waals surface area contributed by atoms with Crippen molar-refractivity contribution in [1.82, 2.24) is 0 Å². The van der Waals surface area contributed by atoms with Crippen LogP contribution in [0.15, 0.2) is 42.5 Å². The van der Waals surface area contributed by atoms with Gasteiger partial charge in [-0.25, -0.2) is 0 Å². The molecule has 0 saturated carbocycles. The summed E-state index contributed by atoms with van der Waals surface area (Å²) < 4.78 is 5.91. The average molecular weight is 275 g/mol. The molecule has 0 N–H and O–H groups in total. The number of benzene rings is 2. The summed E-state index contributed by atoms with van der Waals surface area (Å²) in [6, 6.07) is 14.2. The van der Waals surface area contributed by atoms with Gasteiger partial charge in [0.25, 0.3) is 0 Å². The normalized spacial score (nSPS) is 10.8. The molecule has 0 aromatic heterocycles. The van der Waals surface area contributed by atoms with Crippen LogP contribution < -0.4 is 4.74 Å². The Balaban J connectivity index is 2.21. The third-order valence-corrected chi connectivity index (χ3v) is 3.51. The van der Waals surface area contributed by atoms with Gasteiger partial charge in [-0.2, -0.15) is 0 Å². The number of ether oxygens (including phenoxy) is 1. The van der Waals surface area contributed by atoms with Crippen molar-refractivity contribution in [3.8, 4) is 11.5 Å². The van der Waals surface area contributed by atoms with E-state index in [1.54, 1.807) is 0 Å². The fourth-order valence-electron chi connectivity index (χ4n) is 1.96. The van der Waals surface area contributed by atoms with Gasteiger partial charge in [-0.3, -0.25) is 0 Å². The second-order valence-corrected chi connectivity index (χ2v) is 5.32. The Morgan fingerprint density at radius 3 is 2.42 bits per heavy atom. The van der Waals surface area contributed by atoms with E-state index in [0.29, 0.717) is 11.8 Å². The smallest absolute Gasteiger partial charge is 0.127 e. The van der Waals surface area contributed by atoms with Crippen LogP contribution in [0.3, 0.4) is 0 Å². The molecule has 1 nitrogen and oxygen atoms in total. The molecule has 0 radical (unpaired) electrons. The number of rotatable bonds is 4. The number of aryl methyl sites for hydroxylation is 1. The molecule has 0 spiro atoms. The van der Waals surface area contributed by atoms with E-state index in [2.05, 4.69) is 32.9 Å². The molecule has 0 aliphatic rings. The maximum absolute atomic E-state index is 5.91. The highest BCUT2D eigenvalue weighted by molar-refractivity contribution is 6.17. The predicted octanol–water partition coefficient (Wildman–Crippen LogP) is 5.65. The van der Waals surface area contributed by atoms with E-state index in [-0.39, 0.29) is 0 Å². The number of hydrogen-bond donors (Lipinski definition) is 0. The van der Waals surface area contributed by atoms with Crippen molar-refractivity contribution in [2.75, 3.05) is 0 Å². The molecule has 100 valence electrons. The Bertz CT molecular complexity index is 561. The molecule has 0 bridgehead atoms. The highest BCUT2D eigenvalue weighted by Crippen LogP contribution is 2.27. The zero-order valence-corrected chi connectivity index (χ0v) is 12.4. The zero-order valence-electron chi connectivity index (χ0n) is 11.6. The van der Waals surface area contributed by atoms with Crippen LogP contribution in [-0.4, -0.2) is 0 Å². The van der Waals surface area contributed by atoms with E-state index >= 15 is 0 Å². The van der Waals surface area contributed by atoms with Crippen molar-refractivity contribution in [3.63, 3.8) is 0 Å². The minimum atomic E-state index is 0.504. The van der Waals surface area contributed by atoms with Gasteiger partial charge < -0.3 is 4.74 Å². The van der Waals surface area contributed by atoms with Crippen LogP contribution >= 0.6 is 11.6 Å². The van der Waals surface area contributed by atoms with Crippen LogP contribution in [0.2, 0.25) is 0 Å². The number of alkyl halides is 1. The van der Waals surface area contributed by atoms with Gasteiger partial charge in [-0.1, -0.05) is 32.0 Å². The lowest BCUT2D eigenvalue weighted by Crippen LogP contribution is -1.91. The molecule has 2 aromatic rings. The van der Waals surface area contributed by atoms with E-state index in [1.165, 1.54) is 5.56 Å². The number of halogens is 1. The molecule has 0 amide bonds. The Kier molecular flexibility index (Phi) is 4.49. The second-order valence-electron chi connectivity index (χ2n) is 5.05. The van der Waals surface area contributed by atoms with Gasteiger partial charge in [0.1, 0.15) is 11.5 Å². The van der Waals surface area contributed by atoms with Gasteiger partial charge in [-0.15, -0.1) is 11.6 Å². The summed E-state index contributed by atoms with van der Waals surface area (Å²) in [7, 11) is 0. The van der Waals surface area contributed by atoms with Crippen LogP contribution in [0.4, 0.5) is 0 Å². The molecule has 2 rings (SSSR count). The van der Waals surface area contributed by atoms with E-state index < -0.39 is 0 Å². The van der Waals surface area contributed by atoms with E-state index in [0.717, 1.165) is 22.6 Å². The first-order valence-electron chi connectivity index (χ1n) is 6.53. The van der Waals surface area contributed by atoms with Crippen LogP contribution in [-0.2, 0) is 5.88 Å². The first kappa shape index (κ1) is 14.0. The van der Waals surface area contributed by atoms with Gasteiger partial charge >= 0.3 is 0 Å². The van der Waals surface area contributed by atoms with Crippen LogP contribution in [0.1, 0.15) is 36.5 Å². The summed E-state index contributed by atoms with van der Waals surface area (Å²) in [6.07, 6.45) is 0. The predicted molar refractivity (Wildman–Crippen MR) is 81.3 cm³/mol. The standard InChI is InChI=1S/C17H19ClO/c1-12(2)14-5-4-6-16(10-14)19-17-8-7-15(11-18)13(3)9-17/h4-10,12H,11H2,1-3H3. The molecule has 0 fully saturated rings. The van der Waals surface area contributed by atoms with Crippen LogP contribution in [0.5, 0.6) is 11.5 Å². The lowest BCUT2D eigenvalue weighted by molar-refractivity contribution is 0.481. The van der Waals surface area contributed by atoms with Crippen molar-refractivity contribution < 1.29 is 4.74 Å². The molecule has 0 aliphatic heterocycles. The highest BCUT2D eigenvalue weighted by atomic mass is 35.5. The van der Waals surface area contributed by atoms with Crippen molar-refractivity contribution in [3.05, 3.63) is 59.2 Å². The highest BCUT2D eigenvalue weighted by Gasteiger charge is 2.04. The summed E-state index contributed by atoms with van der Waals surface area (Å²) in [5, 5.41) is 0. The third kappa shape index (κ3) is 3.51. The van der Waals surface area contributed by atoms with E-state index in [1.807, 2.05) is 30.3 Å². The summed E-state index contributed by atoms with van der Waals surface area (Å²) in [6.45, 7) is 6.41. The summed E-state index contributed by atoms with van der Waals surface area (Å²) >= 11 is 5.86. The fraction of sp³-hybridized carbons (Fsp3) is 0.294. The monoisotopic (exact) mass is 274 g/mol. The second kappa shape index (κ2) is 6.12. The Labute approximate surface area is 120 Å². The SMILES string of the molecule is Cc1cc(Oc2cccc(C(C)C)c2)ccc1CCl. The molecule has 0 atom stereocenters. The molecular weight excluding hydrogens is 256 g/mol. The zero-order chi connectivity index (χ0) is 13.8. The maximum Gasteiger partial charge on any atom is 0.127 e. The molecular formula is C17H19ClO. The summed E-state index contributed by atoms with van der Waals surface area (Å²) in [5.74, 6) is 2.77. The Morgan fingerprint density at radius 2 is 1.79 bits per heavy atom. The van der Waals surface area contributed by atoms with Crippen molar-refractivity contribution in [2.24, 2.45) is 0 Å². The summed E-state index contributed by atoms with van der Waals surface area (Å²) in [5.41, 5.74) is 3.59. The van der Waals surface area contributed by atoms with Crippen LogP contribution in [0.25, 0.3) is 0 Å². The number of hydrogen-bond acceptors (Lipinski definition) is 1. The molecule has 0 unspecified atom stereocenters. The summed E-state index contributed by atoms with van der Waals surface area (Å²) in [4.78, 5) is 0. The molecule has 19 heavy (non-hydrogen) atoms. The van der Waals surface area contributed by atoms with Crippen molar-refractivity contribution >= 4 is 11.6 Å². The maximum atomic E-state index is 5.91. The lowest BCUT2D eigenvalue weighted by atomic mass is 10.0. The fourth-order valence-corrected chi connectivity index (χ4v) is 2.25. The Hall–Kier alpha value is -1.47. The van der Waals surface area contributed by atoms with Gasteiger partial charge in [0.2, 0.25) is 0 Å². The molecule has 0 heterocycles.